The summed E-state index contributed by atoms with van der Waals surface area (Å²) in [6, 6.07) is 2.83. The molecule has 1 N–H and O–H groups in total. The van der Waals surface area contributed by atoms with Gasteiger partial charge in [-0.15, -0.1) is 0 Å². The average Bonchev–Trinajstić information content (AvgIpc) is 3.00. The average molecular weight is 308 g/mol. The highest BCUT2D eigenvalue weighted by molar-refractivity contribution is 7.15. The van der Waals surface area contributed by atoms with Gasteiger partial charge in [0.25, 0.3) is 0 Å². The molecule has 0 radical (unpaired) electrons. The lowest BCUT2D eigenvalue weighted by Crippen LogP contribution is -2.24. The zero-order valence-electron chi connectivity index (χ0n) is 11.7. The molecule has 2 aromatic heterocycles. The number of thiazole rings is 1. The maximum atomic E-state index is 9.50. The lowest BCUT2D eigenvalue weighted by molar-refractivity contribution is 0.284. The van der Waals surface area contributed by atoms with Crippen LogP contribution in [0.15, 0.2) is 16.8 Å². The van der Waals surface area contributed by atoms with E-state index in [0.717, 1.165) is 35.1 Å². The van der Waals surface area contributed by atoms with Gasteiger partial charge in [-0.05, 0) is 41.7 Å². The van der Waals surface area contributed by atoms with Crippen LogP contribution in [0.25, 0.3) is 0 Å². The molecule has 1 aliphatic carbocycles. The summed E-state index contributed by atoms with van der Waals surface area (Å²) < 4.78 is 0. The van der Waals surface area contributed by atoms with Crippen molar-refractivity contribution in [3.8, 4) is 0 Å². The molecule has 0 aromatic carbocycles. The third kappa shape index (κ3) is 3.05. The van der Waals surface area contributed by atoms with Gasteiger partial charge >= 0.3 is 0 Å². The molecule has 108 valence electrons. The minimum absolute atomic E-state index is 0.115. The van der Waals surface area contributed by atoms with Crippen molar-refractivity contribution in [2.45, 2.75) is 51.8 Å². The predicted molar refractivity (Wildman–Crippen MR) is 85.6 cm³/mol. The lowest BCUT2D eigenvalue weighted by atomic mass is 10.2. The van der Waals surface area contributed by atoms with Crippen LogP contribution in [-0.2, 0) is 19.6 Å². The number of aromatic nitrogens is 1. The second-order valence-corrected chi connectivity index (χ2v) is 7.11. The molecule has 0 amide bonds. The Kier molecular flexibility index (Phi) is 4.38. The summed E-state index contributed by atoms with van der Waals surface area (Å²) in [4.78, 5) is 8.26. The van der Waals surface area contributed by atoms with E-state index in [1.807, 2.05) is 0 Å². The van der Waals surface area contributed by atoms with E-state index in [2.05, 4.69) is 28.7 Å². The van der Waals surface area contributed by atoms with Gasteiger partial charge in [0.2, 0.25) is 0 Å². The van der Waals surface area contributed by atoms with Crippen molar-refractivity contribution in [1.29, 1.82) is 0 Å². The van der Waals surface area contributed by atoms with Crippen LogP contribution in [0.5, 0.6) is 0 Å². The Morgan fingerprint density at radius 1 is 1.45 bits per heavy atom. The van der Waals surface area contributed by atoms with Crippen LogP contribution in [0, 0.1) is 0 Å². The Labute approximate surface area is 127 Å². The summed E-state index contributed by atoms with van der Waals surface area (Å²) in [6.45, 7) is 3.21. The number of rotatable bonds is 7. The monoisotopic (exact) mass is 308 g/mol. The van der Waals surface area contributed by atoms with Gasteiger partial charge in [0.05, 0.1) is 17.2 Å². The van der Waals surface area contributed by atoms with Gasteiger partial charge in [-0.3, -0.25) is 0 Å². The molecule has 3 nitrogen and oxygen atoms in total. The second kappa shape index (κ2) is 6.24. The van der Waals surface area contributed by atoms with Crippen LogP contribution in [0.1, 0.15) is 42.3 Å². The van der Waals surface area contributed by atoms with Gasteiger partial charge in [-0.25, -0.2) is 4.98 Å². The van der Waals surface area contributed by atoms with E-state index in [1.54, 1.807) is 22.7 Å². The molecule has 2 aromatic rings. The molecule has 0 bridgehead atoms. The molecule has 0 saturated heterocycles. The van der Waals surface area contributed by atoms with Crippen LogP contribution < -0.4 is 4.90 Å². The lowest BCUT2D eigenvalue weighted by Gasteiger charge is -2.20. The van der Waals surface area contributed by atoms with Crippen molar-refractivity contribution < 1.29 is 5.11 Å². The molecule has 20 heavy (non-hydrogen) atoms. The van der Waals surface area contributed by atoms with E-state index in [4.69, 9.17) is 4.98 Å². The Hall–Kier alpha value is -0.910. The van der Waals surface area contributed by atoms with Crippen LogP contribution in [-0.4, -0.2) is 16.1 Å². The zero-order valence-corrected chi connectivity index (χ0v) is 13.3. The summed E-state index contributed by atoms with van der Waals surface area (Å²) in [5.74, 6) is 0. The van der Waals surface area contributed by atoms with E-state index < -0.39 is 0 Å². The van der Waals surface area contributed by atoms with Crippen molar-refractivity contribution >= 4 is 27.8 Å². The minimum atomic E-state index is 0.115. The molecule has 1 fully saturated rings. The van der Waals surface area contributed by atoms with Gasteiger partial charge in [-0.2, -0.15) is 11.3 Å². The van der Waals surface area contributed by atoms with Crippen molar-refractivity contribution in [2.24, 2.45) is 0 Å². The molecule has 0 spiro atoms. The van der Waals surface area contributed by atoms with Crippen molar-refractivity contribution in [1.82, 2.24) is 4.98 Å². The fourth-order valence-corrected chi connectivity index (χ4v) is 4.06. The first-order valence-electron chi connectivity index (χ1n) is 7.19. The topological polar surface area (TPSA) is 36.4 Å². The normalized spacial score (nSPS) is 14.7. The molecular formula is C15H20N2OS2. The Balaban J connectivity index is 1.83. The van der Waals surface area contributed by atoms with Crippen LogP contribution in [0.4, 0.5) is 5.13 Å². The van der Waals surface area contributed by atoms with E-state index in [0.29, 0.717) is 6.04 Å². The van der Waals surface area contributed by atoms with Crippen LogP contribution >= 0.6 is 22.7 Å². The second-order valence-electron chi connectivity index (χ2n) is 5.27. The van der Waals surface area contributed by atoms with Crippen molar-refractivity contribution in [2.75, 3.05) is 4.90 Å². The summed E-state index contributed by atoms with van der Waals surface area (Å²) in [6.07, 6.45) is 4.57. The van der Waals surface area contributed by atoms with Gasteiger partial charge in [0.1, 0.15) is 0 Å². The molecule has 1 aliphatic rings. The number of thiophene rings is 1. The summed E-state index contributed by atoms with van der Waals surface area (Å²) in [7, 11) is 0. The van der Waals surface area contributed by atoms with Crippen molar-refractivity contribution in [3.05, 3.63) is 33.0 Å². The maximum absolute atomic E-state index is 9.50. The van der Waals surface area contributed by atoms with Gasteiger partial charge in [0.15, 0.2) is 5.13 Å². The smallest absolute Gasteiger partial charge is 0.186 e. The van der Waals surface area contributed by atoms with Gasteiger partial charge < -0.3 is 10.0 Å². The number of aryl methyl sites for hydroxylation is 1. The molecular weight excluding hydrogens is 288 g/mol. The fraction of sp³-hybridized carbons (Fsp3) is 0.533. The number of hydrogen-bond donors (Lipinski definition) is 1. The van der Waals surface area contributed by atoms with E-state index in [1.165, 1.54) is 18.4 Å². The molecule has 0 aliphatic heterocycles. The number of hydrogen-bond acceptors (Lipinski definition) is 5. The molecule has 1 saturated carbocycles. The summed E-state index contributed by atoms with van der Waals surface area (Å²) in [5.41, 5.74) is 2.45. The quantitative estimate of drug-likeness (QED) is 0.845. The highest BCUT2D eigenvalue weighted by Crippen LogP contribution is 2.37. The van der Waals surface area contributed by atoms with Gasteiger partial charge in [-0.1, -0.05) is 24.7 Å². The third-order valence-electron chi connectivity index (χ3n) is 3.56. The standard InChI is InChI=1S/C15H20N2OS2/c1-2-3-13-14(9-18)20-15(16-13)17(12-4-5-12)8-11-6-7-19-10-11/h6-7,10,12,18H,2-5,8-9H2,1H3. The predicted octanol–water partition coefficient (Wildman–Crippen LogP) is 3.82. The maximum Gasteiger partial charge on any atom is 0.186 e. The number of aliphatic hydroxyl groups excluding tert-OH is 1. The zero-order chi connectivity index (χ0) is 13.9. The van der Waals surface area contributed by atoms with E-state index in [-0.39, 0.29) is 6.61 Å². The fourth-order valence-electron chi connectivity index (χ4n) is 2.37. The van der Waals surface area contributed by atoms with E-state index in [9.17, 15) is 5.11 Å². The minimum Gasteiger partial charge on any atom is -0.391 e. The highest BCUT2D eigenvalue weighted by atomic mass is 32.1. The van der Waals surface area contributed by atoms with E-state index >= 15 is 0 Å². The molecule has 0 atom stereocenters. The Morgan fingerprint density at radius 2 is 2.30 bits per heavy atom. The number of anilines is 1. The summed E-state index contributed by atoms with van der Waals surface area (Å²) >= 11 is 3.41. The SMILES string of the molecule is CCCc1nc(N(Cc2ccsc2)C2CC2)sc1CO. The largest absolute Gasteiger partial charge is 0.391 e. The summed E-state index contributed by atoms with van der Waals surface area (Å²) in [5, 5.41) is 14.9. The number of nitrogens with zero attached hydrogens (tertiary/aromatic N) is 2. The van der Waals surface area contributed by atoms with Crippen LogP contribution in [0.2, 0.25) is 0 Å². The van der Waals surface area contributed by atoms with Gasteiger partial charge in [0, 0.05) is 12.6 Å². The van der Waals surface area contributed by atoms with Crippen LogP contribution in [0.3, 0.4) is 0 Å². The third-order valence-corrected chi connectivity index (χ3v) is 5.42. The first-order valence-corrected chi connectivity index (χ1v) is 8.95. The number of aliphatic hydroxyl groups is 1. The van der Waals surface area contributed by atoms with Crippen molar-refractivity contribution in [3.63, 3.8) is 0 Å². The first kappa shape index (κ1) is 14.0. The Bertz CT molecular complexity index is 546. The Morgan fingerprint density at radius 3 is 2.90 bits per heavy atom. The molecule has 2 heterocycles. The highest BCUT2D eigenvalue weighted by Gasteiger charge is 2.31. The first-order chi connectivity index (χ1) is 9.81. The molecule has 5 heteroatoms. The molecule has 3 rings (SSSR count). The molecule has 0 unspecified atom stereocenters.